The number of carboxylic acids is 1. The highest BCUT2D eigenvalue weighted by molar-refractivity contribution is 5.87. The van der Waals surface area contributed by atoms with Crippen molar-refractivity contribution in [1.29, 1.82) is 0 Å². The van der Waals surface area contributed by atoms with E-state index in [9.17, 15) is 22.8 Å². The van der Waals surface area contributed by atoms with Crippen LogP contribution in [0.2, 0.25) is 0 Å². The molecule has 0 bridgehead atoms. The average molecular weight is 308 g/mol. The number of aromatic carboxylic acids is 1. The Morgan fingerprint density at radius 1 is 1.33 bits per heavy atom. The Morgan fingerprint density at radius 2 is 1.90 bits per heavy atom. The monoisotopic (exact) mass is 308 g/mol. The van der Waals surface area contributed by atoms with E-state index in [1.807, 2.05) is 13.8 Å². The lowest BCUT2D eigenvalue weighted by Gasteiger charge is -2.17. The van der Waals surface area contributed by atoms with Crippen LogP contribution in [0.4, 0.5) is 13.2 Å². The molecule has 0 spiro atoms. The molecule has 2 N–H and O–H groups in total. The van der Waals surface area contributed by atoms with Gasteiger partial charge in [0.15, 0.2) is 5.69 Å². The largest absolute Gasteiger partial charge is 0.476 e. The van der Waals surface area contributed by atoms with Gasteiger partial charge in [-0.25, -0.2) is 9.48 Å². The molecular weight excluding hydrogens is 293 g/mol. The fraction of sp³-hybridized carbons (Fsp3) is 0.636. The number of nitrogens with one attached hydrogen (secondary N) is 1. The van der Waals surface area contributed by atoms with Crippen LogP contribution in [0.1, 0.15) is 43.0 Å². The van der Waals surface area contributed by atoms with Gasteiger partial charge >= 0.3 is 12.1 Å². The fourth-order valence-electron chi connectivity index (χ4n) is 1.54. The molecule has 10 heteroatoms. The molecule has 0 saturated heterocycles. The number of alkyl halides is 3. The first-order valence-corrected chi connectivity index (χ1v) is 6.09. The van der Waals surface area contributed by atoms with E-state index in [2.05, 4.69) is 15.6 Å². The van der Waals surface area contributed by atoms with Crippen LogP contribution in [0.15, 0.2) is 0 Å². The number of halogens is 3. The average Bonchev–Trinajstić information content (AvgIpc) is 2.79. The van der Waals surface area contributed by atoms with Crippen molar-refractivity contribution in [3.05, 3.63) is 11.4 Å². The van der Waals surface area contributed by atoms with Gasteiger partial charge in [-0.3, -0.25) is 4.79 Å². The molecule has 0 aromatic carbocycles. The van der Waals surface area contributed by atoms with Crippen molar-refractivity contribution < 1.29 is 27.9 Å². The van der Waals surface area contributed by atoms with Gasteiger partial charge in [-0.15, -0.1) is 5.10 Å². The second-order valence-electron chi connectivity index (χ2n) is 4.85. The summed E-state index contributed by atoms with van der Waals surface area (Å²) in [5.41, 5.74) is -2.78. The molecule has 0 aliphatic carbocycles. The lowest BCUT2D eigenvalue weighted by molar-refractivity contribution is -0.146. The SMILES string of the molecule is CC(C)CNC(=O)C(C)n1nnc(C(=O)O)c1C(F)(F)F. The first-order chi connectivity index (χ1) is 9.55. The summed E-state index contributed by atoms with van der Waals surface area (Å²) < 4.78 is 39.1. The number of carbonyl (C=O) groups is 2. The third-order valence-corrected chi connectivity index (χ3v) is 2.60. The van der Waals surface area contributed by atoms with E-state index in [1.54, 1.807) is 0 Å². The minimum Gasteiger partial charge on any atom is -0.476 e. The van der Waals surface area contributed by atoms with E-state index in [4.69, 9.17) is 5.11 Å². The Balaban J connectivity index is 3.13. The molecule has 1 rings (SSSR count). The summed E-state index contributed by atoms with van der Waals surface area (Å²) in [5.74, 6) is -2.44. The molecule has 1 aromatic rings. The van der Waals surface area contributed by atoms with Crippen molar-refractivity contribution in [3.8, 4) is 0 Å². The van der Waals surface area contributed by atoms with Crippen molar-refractivity contribution in [2.24, 2.45) is 5.92 Å². The van der Waals surface area contributed by atoms with Crippen molar-refractivity contribution in [2.75, 3.05) is 6.54 Å². The molecule has 21 heavy (non-hydrogen) atoms. The highest BCUT2D eigenvalue weighted by atomic mass is 19.4. The predicted octanol–water partition coefficient (Wildman–Crippen LogP) is 1.33. The van der Waals surface area contributed by atoms with Gasteiger partial charge in [0.05, 0.1) is 0 Å². The Kier molecular flexibility index (Phi) is 4.92. The molecule has 1 heterocycles. The van der Waals surface area contributed by atoms with Crippen LogP contribution < -0.4 is 5.32 Å². The minimum atomic E-state index is -4.98. The van der Waals surface area contributed by atoms with Gasteiger partial charge in [0.2, 0.25) is 11.6 Å². The van der Waals surface area contributed by atoms with Gasteiger partial charge in [0.25, 0.3) is 0 Å². The van der Waals surface area contributed by atoms with Crippen LogP contribution in [-0.4, -0.2) is 38.5 Å². The first-order valence-electron chi connectivity index (χ1n) is 6.09. The smallest absolute Gasteiger partial charge is 0.435 e. The fourth-order valence-corrected chi connectivity index (χ4v) is 1.54. The molecule has 1 amide bonds. The number of aromatic nitrogens is 3. The van der Waals surface area contributed by atoms with Gasteiger partial charge < -0.3 is 10.4 Å². The lowest BCUT2D eigenvalue weighted by atomic mass is 10.2. The van der Waals surface area contributed by atoms with Gasteiger partial charge in [-0.1, -0.05) is 19.1 Å². The maximum Gasteiger partial charge on any atom is 0.435 e. The first kappa shape index (κ1) is 16.9. The Bertz CT molecular complexity index is 539. The summed E-state index contributed by atoms with van der Waals surface area (Å²) in [5, 5.41) is 17.3. The number of carboxylic acid groups (broad SMARTS) is 1. The van der Waals surface area contributed by atoms with E-state index in [0.29, 0.717) is 0 Å². The van der Waals surface area contributed by atoms with Gasteiger partial charge in [0, 0.05) is 6.54 Å². The predicted molar refractivity (Wildman–Crippen MR) is 64.5 cm³/mol. The molecule has 0 fully saturated rings. The van der Waals surface area contributed by atoms with Crippen molar-refractivity contribution in [3.63, 3.8) is 0 Å². The van der Waals surface area contributed by atoms with Crippen LogP contribution in [0, 0.1) is 5.92 Å². The summed E-state index contributed by atoms with van der Waals surface area (Å²) in [6.45, 7) is 5.12. The highest BCUT2D eigenvalue weighted by Gasteiger charge is 2.43. The second-order valence-corrected chi connectivity index (χ2v) is 4.85. The molecular formula is C11H15F3N4O3. The minimum absolute atomic E-state index is 0.119. The number of rotatable bonds is 5. The zero-order chi connectivity index (χ0) is 16.4. The van der Waals surface area contributed by atoms with Crippen LogP contribution >= 0.6 is 0 Å². The van der Waals surface area contributed by atoms with Crippen molar-refractivity contribution >= 4 is 11.9 Å². The number of amides is 1. The molecule has 0 aliphatic rings. The van der Waals surface area contributed by atoms with Crippen molar-refractivity contribution in [1.82, 2.24) is 20.3 Å². The van der Waals surface area contributed by atoms with E-state index >= 15 is 0 Å². The zero-order valence-electron chi connectivity index (χ0n) is 11.6. The third-order valence-electron chi connectivity index (χ3n) is 2.60. The molecule has 0 saturated carbocycles. The van der Waals surface area contributed by atoms with E-state index in [0.717, 1.165) is 0 Å². The molecule has 7 nitrogen and oxygen atoms in total. The summed E-state index contributed by atoms with van der Waals surface area (Å²) in [4.78, 5) is 22.6. The van der Waals surface area contributed by atoms with Gasteiger partial charge in [-0.05, 0) is 12.8 Å². The van der Waals surface area contributed by atoms with Crippen LogP contribution in [0.3, 0.4) is 0 Å². The highest BCUT2D eigenvalue weighted by Crippen LogP contribution is 2.32. The number of nitrogens with zero attached hydrogens (tertiary/aromatic N) is 3. The number of hydrogen-bond acceptors (Lipinski definition) is 4. The van der Waals surface area contributed by atoms with E-state index in [1.165, 1.54) is 6.92 Å². The molecule has 118 valence electrons. The van der Waals surface area contributed by atoms with Crippen molar-refractivity contribution in [2.45, 2.75) is 33.0 Å². The Morgan fingerprint density at radius 3 is 2.33 bits per heavy atom. The van der Waals surface area contributed by atoms with E-state index in [-0.39, 0.29) is 17.1 Å². The molecule has 0 aliphatic heterocycles. The second kappa shape index (κ2) is 6.10. The quantitative estimate of drug-likeness (QED) is 0.855. The summed E-state index contributed by atoms with van der Waals surface area (Å²) >= 11 is 0. The third kappa shape index (κ3) is 3.92. The number of carbonyl (C=O) groups excluding carboxylic acids is 1. The maximum absolute atomic E-state index is 12.9. The van der Waals surface area contributed by atoms with Crippen LogP contribution in [0.25, 0.3) is 0 Å². The van der Waals surface area contributed by atoms with Gasteiger partial charge in [0.1, 0.15) is 6.04 Å². The zero-order valence-corrected chi connectivity index (χ0v) is 11.6. The lowest BCUT2D eigenvalue weighted by Crippen LogP contribution is -2.35. The Hall–Kier alpha value is -2.13. The summed E-state index contributed by atoms with van der Waals surface area (Å²) in [6.07, 6.45) is -4.98. The Labute approximate surface area is 118 Å². The van der Waals surface area contributed by atoms with E-state index < -0.39 is 35.5 Å². The molecule has 1 aromatic heterocycles. The topological polar surface area (TPSA) is 97.1 Å². The van der Waals surface area contributed by atoms with Gasteiger partial charge in [-0.2, -0.15) is 13.2 Å². The summed E-state index contributed by atoms with van der Waals surface area (Å²) in [6, 6.07) is -1.33. The molecule has 0 radical (unpaired) electrons. The summed E-state index contributed by atoms with van der Waals surface area (Å²) in [7, 11) is 0. The number of hydrogen-bond donors (Lipinski definition) is 2. The molecule has 1 atom stereocenters. The van der Waals surface area contributed by atoms with Crippen LogP contribution in [0.5, 0.6) is 0 Å². The van der Waals surface area contributed by atoms with Crippen LogP contribution in [-0.2, 0) is 11.0 Å². The maximum atomic E-state index is 12.9. The standard InChI is InChI=1S/C11H15F3N4O3/c1-5(2)4-15-9(19)6(3)18-8(11(12,13)14)7(10(20)21)16-17-18/h5-6H,4H2,1-3H3,(H,15,19)(H,20,21). The normalized spacial score (nSPS) is 13.3. The molecule has 1 unspecified atom stereocenters.